The number of nitro groups is 1. The van der Waals surface area contributed by atoms with Crippen LogP contribution in [0.1, 0.15) is 11.1 Å². The van der Waals surface area contributed by atoms with E-state index in [9.17, 15) is 10.1 Å². The number of hydrogen-bond donors (Lipinski definition) is 0. The van der Waals surface area contributed by atoms with Crippen LogP contribution in [0.15, 0.2) is 58.0 Å². The van der Waals surface area contributed by atoms with Crippen molar-refractivity contribution in [2.45, 2.75) is 6.54 Å². The summed E-state index contributed by atoms with van der Waals surface area (Å²) in [5, 5.41) is 10.5. The molecule has 0 fully saturated rings. The van der Waals surface area contributed by atoms with Gasteiger partial charge in [-0.3, -0.25) is 15.1 Å². The zero-order valence-electron chi connectivity index (χ0n) is 9.99. The number of nitrogens with zero attached hydrogens (tertiary/aromatic N) is 2. The molecule has 19 heavy (non-hydrogen) atoms. The number of non-ortho nitro benzene ring substituents is 1. The molecule has 0 amide bonds. The molecule has 2 aromatic carbocycles. The lowest BCUT2D eigenvalue weighted by Crippen LogP contribution is -1.89. The molecule has 0 aliphatic carbocycles. The van der Waals surface area contributed by atoms with E-state index >= 15 is 0 Å². The van der Waals surface area contributed by atoms with Crippen LogP contribution in [0.5, 0.6) is 0 Å². The van der Waals surface area contributed by atoms with Crippen LogP contribution >= 0.6 is 15.9 Å². The smallest absolute Gasteiger partial charge is 0.269 e. The second-order valence-corrected chi connectivity index (χ2v) is 4.86. The lowest BCUT2D eigenvalue weighted by atomic mass is 10.2. The van der Waals surface area contributed by atoms with Crippen molar-refractivity contribution >= 4 is 27.8 Å². The highest BCUT2D eigenvalue weighted by molar-refractivity contribution is 9.10. The summed E-state index contributed by atoms with van der Waals surface area (Å²) in [6.45, 7) is 0.508. The molecule has 0 unspecified atom stereocenters. The maximum absolute atomic E-state index is 10.5. The third kappa shape index (κ3) is 3.99. The summed E-state index contributed by atoms with van der Waals surface area (Å²) in [7, 11) is 0. The molecule has 0 atom stereocenters. The molecule has 0 aliphatic heterocycles. The van der Waals surface area contributed by atoms with Gasteiger partial charge in [0, 0.05) is 22.8 Å². The Labute approximate surface area is 119 Å². The van der Waals surface area contributed by atoms with E-state index < -0.39 is 4.92 Å². The van der Waals surface area contributed by atoms with Crippen molar-refractivity contribution in [3.05, 3.63) is 74.2 Å². The molecule has 0 saturated carbocycles. The molecule has 2 rings (SSSR count). The monoisotopic (exact) mass is 318 g/mol. The molecule has 0 saturated heterocycles. The Hall–Kier alpha value is -2.01. The molecule has 0 radical (unpaired) electrons. The highest BCUT2D eigenvalue weighted by atomic mass is 79.9. The standard InChI is InChI=1S/C14H11BrN2O2/c15-13-5-1-11(2-6-13)9-16-10-12-3-7-14(8-4-12)17(18)19/h1-9H,10H2/b16-9+. The summed E-state index contributed by atoms with van der Waals surface area (Å²) in [6, 6.07) is 14.2. The van der Waals surface area contributed by atoms with E-state index in [0.29, 0.717) is 6.54 Å². The molecule has 0 heterocycles. The maximum Gasteiger partial charge on any atom is 0.269 e. The average molecular weight is 319 g/mol. The summed E-state index contributed by atoms with van der Waals surface area (Å²) < 4.78 is 1.03. The SMILES string of the molecule is O=[N+]([O-])c1ccc(C/N=C/c2ccc(Br)cc2)cc1. The van der Waals surface area contributed by atoms with Gasteiger partial charge in [-0.2, -0.15) is 0 Å². The number of nitro benzene ring substituents is 1. The predicted octanol–water partition coefficient (Wildman–Crippen LogP) is 3.98. The third-order valence-corrected chi connectivity index (χ3v) is 3.06. The van der Waals surface area contributed by atoms with Gasteiger partial charge in [0.1, 0.15) is 0 Å². The Morgan fingerprint density at radius 3 is 2.32 bits per heavy atom. The summed E-state index contributed by atoms with van der Waals surface area (Å²) in [6.07, 6.45) is 1.79. The Kier molecular flexibility index (Phi) is 4.41. The molecular weight excluding hydrogens is 308 g/mol. The maximum atomic E-state index is 10.5. The minimum Gasteiger partial charge on any atom is -0.288 e. The van der Waals surface area contributed by atoms with Crippen molar-refractivity contribution < 1.29 is 4.92 Å². The van der Waals surface area contributed by atoms with Crippen LogP contribution < -0.4 is 0 Å². The second-order valence-electron chi connectivity index (χ2n) is 3.94. The summed E-state index contributed by atoms with van der Waals surface area (Å²) in [5.74, 6) is 0. The molecule has 96 valence electrons. The van der Waals surface area contributed by atoms with E-state index in [0.717, 1.165) is 15.6 Å². The predicted molar refractivity (Wildman–Crippen MR) is 78.5 cm³/mol. The lowest BCUT2D eigenvalue weighted by molar-refractivity contribution is -0.384. The van der Waals surface area contributed by atoms with E-state index in [4.69, 9.17) is 0 Å². The summed E-state index contributed by atoms with van der Waals surface area (Å²) in [5.41, 5.74) is 2.06. The number of aliphatic imine (C=N–C) groups is 1. The molecule has 5 heteroatoms. The summed E-state index contributed by atoms with van der Waals surface area (Å²) >= 11 is 3.37. The Bertz CT molecular complexity index is 592. The molecule has 2 aromatic rings. The van der Waals surface area contributed by atoms with Crippen LogP contribution in [-0.4, -0.2) is 11.1 Å². The van der Waals surface area contributed by atoms with Crippen molar-refractivity contribution in [3.8, 4) is 0 Å². The minimum atomic E-state index is -0.408. The van der Waals surface area contributed by atoms with Gasteiger partial charge in [-0.15, -0.1) is 0 Å². The lowest BCUT2D eigenvalue weighted by Gasteiger charge is -1.97. The van der Waals surface area contributed by atoms with Crippen molar-refractivity contribution in [2.24, 2.45) is 4.99 Å². The molecule has 0 bridgehead atoms. The van der Waals surface area contributed by atoms with Crippen molar-refractivity contribution in [1.82, 2.24) is 0 Å². The number of halogens is 1. The van der Waals surface area contributed by atoms with Gasteiger partial charge in [-0.25, -0.2) is 0 Å². The van der Waals surface area contributed by atoms with Gasteiger partial charge in [-0.1, -0.05) is 40.2 Å². The first-order valence-corrected chi connectivity index (χ1v) is 6.43. The Morgan fingerprint density at radius 2 is 1.74 bits per heavy atom. The Morgan fingerprint density at radius 1 is 1.11 bits per heavy atom. The fraction of sp³-hybridized carbons (Fsp3) is 0.0714. The van der Waals surface area contributed by atoms with Crippen molar-refractivity contribution in [1.29, 1.82) is 0 Å². The highest BCUT2D eigenvalue weighted by Gasteiger charge is 2.02. The first-order valence-electron chi connectivity index (χ1n) is 5.64. The normalized spacial score (nSPS) is 10.8. The number of rotatable bonds is 4. The zero-order valence-corrected chi connectivity index (χ0v) is 11.6. The van der Waals surface area contributed by atoms with Gasteiger partial charge >= 0.3 is 0 Å². The fourth-order valence-electron chi connectivity index (χ4n) is 1.53. The third-order valence-electron chi connectivity index (χ3n) is 2.53. The summed E-state index contributed by atoms with van der Waals surface area (Å²) in [4.78, 5) is 14.4. The molecule has 4 nitrogen and oxygen atoms in total. The van der Waals surface area contributed by atoms with Crippen LogP contribution in [0, 0.1) is 10.1 Å². The van der Waals surface area contributed by atoms with Crippen LogP contribution in [-0.2, 0) is 6.54 Å². The molecule has 0 N–H and O–H groups in total. The van der Waals surface area contributed by atoms with Gasteiger partial charge in [0.2, 0.25) is 0 Å². The van der Waals surface area contributed by atoms with Gasteiger partial charge in [0.25, 0.3) is 5.69 Å². The van der Waals surface area contributed by atoms with E-state index in [1.807, 2.05) is 24.3 Å². The molecular formula is C14H11BrN2O2. The van der Waals surface area contributed by atoms with Crippen LogP contribution in [0.4, 0.5) is 5.69 Å². The highest BCUT2D eigenvalue weighted by Crippen LogP contribution is 2.13. The minimum absolute atomic E-state index is 0.0978. The number of hydrogen-bond acceptors (Lipinski definition) is 3. The van der Waals surface area contributed by atoms with E-state index in [2.05, 4.69) is 20.9 Å². The van der Waals surface area contributed by atoms with Gasteiger partial charge in [0.05, 0.1) is 11.5 Å². The van der Waals surface area contributed by atoms with Crippen molar-refractivity contribution in [2.75, 3.05) is 0 Å². The Balaban J connectivity index is 1.98. The zero-order chi connectivity index (χ0) is 13.7. The van der Waals surface area contributed by atoms with Gasteiger partial charge in [0.15, 0.2) is 0 Å². The van der Waals surface area contributed by atoms with Gasteiger partial charge < -0.3 is 0 Å². The quantitative estimate of drug-likeness (QED) is 0.486. The fourth-order valence-corrected chi connectivity index (χ4v) is 1.79. The van der Waals surface area contributed by atoms with E-state index in [-0.39, 0.29) is 5.69 Å². The van der Waals surface area contributed by atoms with Crippen LogP contribution in [0.2, 0.25) is 0 Å². The molecule has 0 aromatic heterocycles. The van der Waals surface area contributed by atoms with Crippen LogP contribution in [0.3, 0.4) is 0 Å². The van der Waals surface area contributed by atoms with Crippen molar-refractivity contribution in [3.63, 3.8) is 0 Å². The van der Waals surface area contributed by atoms with E-state index in [1.165, 1.54) is 12.1 Å². The average Bonchev–Trinajstić information content (AvgIpc) is 2.41. The topological polar surface area (TPSA) is 55.5 Å². The molecule has 0 spiro atoms. The van der Waals surface area contributed by atoms with Gasteiger partial charge in [-0.05, 0) is 23.3 Å². The number of benzene rings is 2. The largest absolute Gasteiger partial charge is 0.288 e. The molecule has 0 aliphatic rings. The first kappa shape index (κ1) is 13.4. The first-order chi connectivity index (χ1) is 9.15. The second kappa shape index (κ2) is 6.24. The van der Waals surface area contributed by atoms with Crippen LogP contribution in [0.25, 0.3) is 0 Å². The van der Waals surface area contributed by atoms with E-state index in [1.54, 1.807) is 18.3 Å².